The summed E-state index contributed by atoms with van der Waals surface area (Å²) in [6, 6.07) is 24.0. The summed E-state index contributed by atoms with van der Waals surface area (Å²) in [6.45, 7) is 1.93. The number of nitrogens with zero attached hydrogens (tertiary/aromatic N) is 4. The largest absolute Gasteiger partial charge is 0.497 e. The Morgan fingerprint density at radius 3 is 2.24 bits per heavy atom. The van der Waals surface area contributed by atoms with Gasteiger partial charge in [-0.05, 0) is 36.4 Å². The number of ether oxygens (including phenoxy) is 1. The van der Waals surface area contributed by atoms with Gasteiger partial charge in [0.2, 0.25) is 15.8 Å². The predicted octanol–water partition coefficient (Wildman–Crippen LogP) is 3.92. The molecule has 1 aliphatic heterocycles. The van der Waals surface area contributed by atoms with E-state index in [-0.39, 0.29) is 10.8 Å². The first-order chi connectivity index (χ1) is 16.6. The van der Waals surface area contributed by atoms with Crippen LogP contribution in [0.1, 0.15) is 0 Å². The Morgan fingerprint density at radius 1 is 0.853 bits per heavy atom. The lowest BCUT2D eigenvalue weighted by Gasteiger charge is -2.35. The first-order valence-electron chi connectivity index (χ1n) is 10.9. The van der Waals surface area contributed by atoms with Gasteiger partial charge in [0.05, 0.1) is 17.6 Å². The van der Waals surface area contributed by atoms with Crippen molar-refractivity contribution in [3.8, 4) is 28.6 Å². The second kappa shape index (κ2) is 9.28. The van der Waals surface area contributed by atoms with Crippen LogP contribution in [-0.4, -0.2) is 56.2 Å². The van der Waals surface area contributed by atoms with Gasteiger partial charge in [0.1, 0.15) is 5.75 Å². The molecule has 0 bridgehead atoms. The maximum absolute atomic E-state index is 13.6. The van der Waals surface area contributed by atoms with Crippen LogP contribution in [0.25, 0.3) is 22.8 Å². The van der Waals surface area contributed by atoms with E-state index in [1.54, 1.807) is 31.4 Å². The molecule has 1 aliphatic rings. The van der Waals surface area contributed by atoms with Crippen LogP contribution in [0.2, 0.25) is 0 Å². The van der Waals surface area contributed by atoms with E-state index < -0.39 is 10.0 Å². The summed E-state index contributed by atoms with van der Waals surface area (Å²) in [5.74, 6) is 1.38. The highest BCUT2D eigenvalue weighted by Crippen LogP contribution is 2.31. The molecular formula is C25H24N4O4S. The number of rotatable bonds is 6. The van der Waals surface area contributed by atoms with Crippen LogP contribution < -0.4 is 9.64 Å². The first kappa shape index (κ1) is 22.1. The molecule has 174 valence electrons. The quantitative estimate of drug-likeness (QED) is 0.417. The van der Waals surface area contributed by atoms with Gasteiger partial charge in [0.25, 0.3) is 5.89 Å². The normalized spacial score (nSPS) is 14.8. The molecule has 2 heterocycles. The zero-order chi connectivity index (χ0) is 23.5. The van der Waals surface area contributed by atoms with Gasteiger partial charge >= 0.3 is 0 Å². The Balaban J connectivity index is 1.37. The Labute approximate surface area is 198 Å². The van der Waals surface area contributed by atoms with E-state index in [2.05, 4.69) is 15.0 Å². The van der Waals surface area contributed by atoms with Crippen molar-refractivity contribution in [3.05, 3.63) is 78.9 Å². The van der Waals surface area contributed by atoms with Crippen LogP contribution in [0.5, 0.6) is 5.75 Å². The van der Waals surface area contributed by atoms with Crippen LogP contribution in [0.15, 0.2) is 88.3 Å². The first-order valence-corrected chi connectivity index (χ1v) is 12.4. The fraction of sp³-hybridized carbons (Fsp3) is 0.200. The zero-order valence-corrected chi connectivity index (χ0v) is 19.5. The number of methoxy groups -OCH3 is 1. The van der Waals surface area contributed by atoms with Gasteiger partial charge in [-0.2, -0.15) is 9.29 Å². The Bertz CT molecular complexity index is 1360. The number of hydrogen-bond acceptors (Lipinski definition) is 7. The summed E-state index contributed by atoms with van der Waals surface area (Å²) in [5.41, 5.74) is 2.24. The van der Waals surface area contributed by atoms with Crippen LogP contribution in [0.4, 0.5) is 5.69 Å². The van der Waals surface area contributed by atoms with Gasteiger partial charge in [0, 0.05) is 37.4 Å². The number of benzene rings is 3. The van der Waals surface area contributed by atoms with E-state index in [1.165, 1.54) is 4.31 Å². The SMILES string of the molecule is COc1ccc(N2CCN(S(=O)(=O)c3ccccc3-c3nc(-c4ccccc4)no3)CC2)cc1. The van der Waals surface area contributed by atoms with Crippen LogP contribution in [0, 0.1) is 0 Å². The van der Waals surface area contributed by atoms with Crippen LogP contribution in [0.3, 0.4) is 0 Å². The average molecular weight is 477 g/mol. The van der Waals surface area contributed by atoms with Crippen molar-refractivity contribution in [3.63, 3.8) is 0 Å². The molecule has 1 aromatic heterocycles. The molecule has 0 N–H and O–H groups in total. The third-order valence-corrected chi connectivity index (χ3v) is 7.83. The maximum Gasteiger partial charge on any atom is 0.259 e. The Kier molecular flexibility index (Phi) is 6.04. The number of hydrogen-bond donors (Lipinski definition) is 0. The summed E-state index contributed by atoms with van der Waals surface area (Å²) in [5, 5.41) is 4.04. The summed E-state index contributed by atoms with van der Waals surface area (Å²) in [6.07, 6.45) is 0. The number of aromatic nitrogens is 2. The third-order valence-electron chi connectivity index (χ3n) is 5.87. The lowest BCUT2D eigenvalue weighted by Crippen LogP contribution is -2.48. The van der Waals surface area contributed by atoms with Gasteiger partial charge in [-0.25, -0.2) is 8.42 Å². The van der Waals surface area contributed by atoms with Gasteiger partial charge in [-0.3, -0.25) is 0 Å². The van der Waals surface area contributed by atoms with Crippen molar-refractivity contribution in [1.82, 2.24) is 14.4 Å². The van der Waals surface area contributed by atoms with E-state index in [0.717, 1.165) is 17.0 Å². The average Bonchev–Trinajstić information content (AvgIpc) is 3.40. The number of anilines is 1. The van der Waals surface area contributed by atoms with E-state index in [4.69, 9.17) is 9.26 Å². The molecule has 34 heavy (non-hydrogen) atoms. The van der Waals surface area contributed by atoms with Crippen LogP contribution in [-0.2, 0) is 10.0 Å². The van der Waals surface area contributed by atoms with Crippen molar-refractivity contribution in [2.24, 2.45) is 0 Å². The fourth-order valence-corrected chi connectivity index (χ4v) is 5.63. The Morgan fingerprint density at radius 2 is 1.53 bits per heavy atom. The molecule has 0 radical (unpaired) electrons. The molecule has 3 aromatic carbocycles. The topological polar surface area (TPSA) is 88.8 Å². The minimum absolute atomic E-state index is 0.163. The van der Waals surface area contributed by atoms with Crippen molar-refractivity contribution in [1.29, 1.82) is 0 Å². The summed E-state index contributed by atoms with van der Waals surface area (Å²) >= 11 is 0. The van der Waals surface area contributed by atoms with E-state index in [9.17, 15) is 8.42 Å². The molecule has 1 fully saturated rings. The maximum atomic E-state index is 13.6. The predicted molar refractivity (Wildman–Crippen MR) is 129 cm³/mol. The molecule has 0 saturated carbocycles. The molecule has 0 amide bonds. The molecule has 5 rings (SSSR count). The van der Waals surface area contributed by atoms with Crippen molar-refractivity contribution in [2.45, 2.75) is 4.90 Å². The third kappa shape index (κ3) is 4.27. The summed E-state index contributed by atoms with van der Waals surface area (Å²) in [7, 11) is -2.12. The monoisotopic (exact) mass is 476 g/mol. The van der Waals surface area contributed by atoms with Gasteiger partial charge in [-0.15, -0.1) is 0 Å². The molecule has 0 aliphatic carbocycles. The van der Waals surface area contributed by atoms with Crippen molar-refractivity contribution in [2.75, 3.05) is 38.2 Å². The second-order valence-corrected chi connectivity index (χ2v) is 9.78. The number of piperazine rings is 1. The minimum atomic E-state index is -3.75. The van der Waals surface area contributed by atoms with Crippen molar-refractivity contribution >= 4 is 15.7 Å². The Hall–Kier alpha value is -3.69. The molecule has 9 heteroatoms. The summed E-state index contributed by atoms with van der Waals surface area (Å²) < 4.78 is 39.4. The lowest BCUT2D eigenvalue weighted by atomic mass is 10.2. The second-order valence-electron chi connectivity index (χ2n) is 7.87. The zero-order valence-electron chi connectivity index (χ0n) is 18.7. The smallest absolute Gasteiger partial charge is 0.259 e. The van der Waals surface area contributed by atoms with Crippen molar-refractivity contribution < 1.29 is 17.7 Å². The molecule has 4 aromatic rings. The fourth-order valence-electron chi connectivity index (χ4n) is 4.02. The van der Waals surface area contributed by atoms with Gasteiger partial charge in [-0.1, -0.05) is 47.6 Å². The minimum Gasteiger partial charge on any atom is -0.497 e. The highest BCUT2D eigenvalue weighted by Gasteiger charge is 2.31. The molecule has 0 spiro atoms. The van der Waals surface area contributed by atoms with E-state index >= 15 is 0 Å². The highest BCUT2D eigenvalue weighted by atomic mass is 32.2. The molecular weight excluding hydrogens is 452 g/mol. The number of sulfonamides is 1. The van der Waals surface area contributed by atoms with Gasteiger partial charge in [0.15, 0.2) is 0 Å². The lowest BCUT2D eigenvalue weighted by molar-refractivity contribution is 0.384. The van der Waals surface area contributed by atoms with Gasteiger partial charge < -0.3 is 14.2 Å². The van der Waals surface area contributed by atoms with E-state index in [0.29, 0.717) is 37.6 Å². The molecule has 0 unspecified atom stereocenters. The highest BCUT2D eigenvalue weighted by molar-refractivity contribution is 7.89. The molecule has 8 nitrogen and oxygen atoms in total. The van der Waals surface area contributed by atoms with E-state index in [1.807, 2.05) is 54.6 Å². The molecule has 1 saturated heterocycles. The van der Waals surface area contributed by atoms with Crippen LogP contribution >= 0.6 is 0 Å². The summed E-state index contributed by atoms with van der Waals surface area (Å²) in [4.78, 5) is 6.79. The standard InChI is InChI=1S/C25H24N4O4S/c1-32-21-13-11-20(12-14-21)28-15-17-29(18-16-28)34(30,31)23-10-6-5-9-22(23)25-26-24(27-33-25)19-7-3-2-4-8-19/h2-14H,15-18H2,1H3. The molecule has 0 atom stereocenters.